The maximum absolute atomic E-state index is 13.3. The van der Waals surface area contributed by atoms with Crippen molar-refractivity contribution in [2.24, 2.45) is 0 Å². The summed E-state index contributed by atoms with van der Waals surface area (Å²) in [6.45, 7) is 16.7. The van der Waals surface area contributed by atoms with Crippen LogP contribution < -0.4 is 5.32 Å². The molecular weight excluding hydrogens is 396 g/mol. The number of aryl methyl sites for hydroxylation is 2. The lowest BCUT2D eigenvalue weighted by Crippen LogP contribution is -2.52. The summed E-state index contributed by atoms with van der Waals surface area (Å²) in [7, 11) is 0. The average molecular weight is 437 g/mol. The molecule has 2 aromatic carbocycles. The molecule has 4 nitrogen and oxygen atoms in total. The second kappa shape index (κ2) is 10.3. The summed E-state index contributed by atoms with van der Waals surface area (Å²) in [4.78, 5) is 27.8. The van der Waals surface area contributed by atoms with E-state index in [1.54, 1.807) is 4.90 Å². The van der Waals surface area contributed by atoms with Gasteiger partial charge in [-0.2, -0.15) is 0 Å². The van der Waals surface area contributed by atoms with Crippen LogP contribution >= 0.6 is 0 Å². The molecule has 2 amide bonds. The van der Waals surface area contributed by atoms with E-state index in [0.29, 0.717) is 19.4 Å². The molecule has 0 aliphatic heterocycles. The van der Waals surface area contributed by atoms with Gasteiger partial charge in [-0.05, 0) is 63.1 Å². The molecule has 1 atom stereocenters. The predicted molar refractivity (Wildman–Crippen MR) is 133 cm³/mol. The molecule has 2 aromatic rings. The fourth-order valence-electron chi connectivity index (χ4n) is 3.51. The van der Waals surface area contributed by atoms with Crippen LogP contribution in [0.5, 0.6) is 0 Å². The molecule has 174 valence electrons. The third kappa shape index (κ3) is 7.81. The topological polar surface area (TPSA) is 49.4 Å². The third-order valence-corrected chi connectivity index (χ3v) is 5.59. The van der Waals surface area contributed by atoms with Gasteiger partial charge >= 0.3 is 0 Å². The lowest BCUT2D eigenvalue weighted by molar-refractivity contribution is -0.141. The van der Waals surface area contributed by atoms with E-state index in [2.05, 4.69) is 50.4 Å². The minimum Gasteiger partial charge on any atom is -0.350 e. The summed E-state index contributed by atoms with van der Waals surface area (Å²) < 4.78 is 0. The van der Waals surface area contributed by atoms with Gasteiger partial charge in [-0.3, -0.25) is 9.59 Å². The maximum atomic E-state index is 13.3. The molecule has 1 unspecified atom stereocenters. The van der Waals surface area contributed by atoms with E-state index in [4.69, 9.17) is 0 Å². The van der Waals surface area contributed by atoms with Crippen molar-refractivity contribution >= 4 is 11.8 Å². The fourth-order valence-corrected chi connectivity index (χ4v) is 3.51. The van der Waals surface area contributed by atoms with Crippen LogP contribution in [0.1, 0.15) is 77.1 Å². The first-order chi connectivity index (χ1) is 14.8. The normalized spacial score (nSPS) is 12.9. The summed E-state index contributed by atoms with van der Waals surface area (Å²) in [5.41, 5.74) is 4.36. The van der Waals surface area contributed by atoms with E-state index >= 15 is 0 Å². The number of nitrogens with one attached hydrogen (secondary N) is 1. The number of amides is 2. The van der Waals surface area contributed by atoms with Crippen molar-refractivity contribution in [3.8, 4) is 0 Å². The van der Waals surface area contributed by atoms with Crippen molar-refractivity contribution < 1.29 is 9.59 Å². The number of hydrogen-bond donors (Lipinski definition) is 1. The minimum absolute atomic E-state index is 0.0120. The van der Waals surface area contributed by atoms with Gasteiger partial charge in [0.05, 0.1) is 0 Å². The number of benzene rings is 2. The molecule has 4 heteroatoms. The molecule has 0 spiro atoms. The molecule has 32 heavy (non-hydrogen) atoms. The summed E-state index contributed by atoms with van der Waals surface area (Å²) in [6, 6.07) is 16.1. The van der Waals surface area contributed by atoms with Crippen molar-refractivity contribution in [1.82, 2.24) is 10.2 Å². The fraction of sp³-hybridized carbons (Fsp3) is 0.500. The highest BCUT2D eigenvalue weighted by Crippen LogP contribution is 2.23. The van der Waals surface area contributed by atoms with E-state index in [9.17, 15) is 9.59 Å². The van der Waals surface area contributed by atoms with E-state index in [-0.39, 0.29) is 22.8 Å². The first kappa shape index (κ1) is 25.6. The monoisotopic (exact) mass is 436 g/mol. The zero-order valence-corrected chi connectivity index (χ0v) is 21.1. The Balaban J connectivity index is 2.15. The van der Waals surface area contributed by atoms with Gasteiger partial charge in [0.25, 0.3) is 0 Å². The van der Waals surface area contributed by atoms with Gasteiger partial charge in [0.2, 0.25) is 11.8 Å². The second-order valence-corrected chi connectivity index (χ2v) is 10.9. The number of rotatable bonds is 7. The molecular formula is C28H40N2O2. The van der Waals surface area contributed by atoms with E-state index in [0.717, 1.165) is 11.1 Å². The Hall–Kier alpha value is -2.62. The predicted octanol–water partition coefficient (Wildman–Crippen LogP) is 5.56. The second-order valence-electron chi connectivity index (χ2n) is 10.9. The number of nitrogens with zero attached hydrogens (tertiary/aromatic N) is 1. The Kier molecular flexibility index (Phi) is 8.28. The van der Waals surface area contributed by atoms with Crippen LogP contribution in [0, 0.1) is 6.92 Å². The zero-order valence-electron chi connectivity index (χ0n) is 21.1. The molecule has 0 aromatic heterocycles. The highest BCUT2D eigenvalue weighted by atomic mass is 16.2. The quantitative estimate of drug-likeness (QED) is 0.618. The Morgan fingerprint density at radius 1 is 0.875 bits per heavy atom. The van der Waals surface area contributed by atoms with Crippen molar-refractivity contribution in [1.29, 1.82) is 0 Å². The molecule has 0 saturated carbocycles. The molecule has 0 fully saturated rings. The van der Waals surface area contributed by atoms with Crippen LogP contribution in [-0.2, 0) is 28.0 Å². The zero-order chi connectivity index (χ0) is 24.1. The highest BCUT2D eigenvalue weighted by molar-refractivity contribution is 5.87. The minimum atomic E-state index is -0.550. The average Bonchev–Trinajstić information content (AvgIpc) is 2.69. The maximum Gasteiger partial charge on any atom is 0.242 e. The van der Waals surface area contributed by atoms with Gasteiger partial charge in [-0.25, -0.2) is 0 Å². The first-order valence-corrected chi connectivity index (χ1v) is 11.5. The Morgan fingerprint density at radius 3 is 1.91 bits per heavy atom. The molecule has 0 radical (unpaired) electrons. The smallest absolute Gasteiger partial charge is 0.242 e. The highest BCUT2D eigenvalue weighted by Gasteiger charge is 2.28. The molecule has 0 aliphatic carbocycles. The van der Waals surface area contributed by atoms with Crippen molar-refractivity contribution in [2.75, 3.05) is 0 Å². The van der Waals surface area contributed by atoms with Crippen LogP contribution in [-0.4, -0.2) is 28.3 Å². The molecule has 0 heterocycles. The van der Waals surface area contributed by atoms with Crippen LogP contribution in [0.25, 0.3) is 0 Å². The third-order valence-electron chi connectivity index (χ3n) is 5.59. The molecule has 0 aliphatic rings. The van der Waals surface area contributed by atoms with Gasteiger partial charge in [-0.15, -0.1) is 0 Å². The van der Waals surface area contributed by atoms with Crippen LogP contribution in [0.15, 0.2) is 48.5 Å². The Morgan fingerprint density at radius 2 is 1.41 bits per heavy atom. The Labute approximate surface area is 194 Å². The largest absolute Gasteiger partial charge is 0.350 e. The number of carbonyl (C=O) groups excluding carboxylic acids is 2. The van der Waals surface area contributed by atoms with Gasteiger partial charge in [-0.1, -0.05) is 74.9 Å². The molecule has 1 N–H and O–H groups in total. The van der Waals surface area contributed by atoms with Gasteiger partial charge in [0, 0.05) is 18.5 Å². The summed E-state index contributed by atoms with van der Waals surface area (Å²) >= 11 is 0. The van der Waals surface area contributed by atoms with Crippen LogP contribution in [0.3, 0.4) is 0 Å². The molecule has 2 rings (SSSR count). The molecule has 0 bridgehead atoms. The lowest BCUT2D eigenvalue weighted by Gasteiger charge is -2.31. The molecule has 0 saturated heterocycles. The SMILES string of the molecule is Cc1ccc(CN(C(=O)CCc2ccc(C(C)(C)C)cc2)C(C)C(=O)NC(C)(C)C)cc1. The lowest BCUT2D eigenvalue weighted by atomic mass is 9.86. The van der Waals surface area contributed by atoms with Gasteiger partial charge in [0.1, 0.15) is 6.04 Å². The van der Waals surface area contributed by atoms with Gasteiger partial charge < -0.3 is 10.2 Å². The van der Waals surface area contributed by atoms with Crippen molar-refractivity contribution in [2.45, 2.75) is 91.8 Å². The van der Waals surface area contributed by atoms with E-state index in [1.807, 2.05) is 58.9 Å². The first-order valence-electron chi connectivity index (χ1n) is 11.5. The summed E-state index contributed by atoms with van der Waals surface area (Å²) in [6.07, 6.45) is 1.02. The van der Waals surface area contributed by atoms with Crippen LogP contribution in [0.2, 0.25) is 0 Å². The van der Waals surface area contributed by atoms with E-state index in [1.165, 1.54) is 11.1 Å². The van der Waals surface area contributed by atoms with E-state index < -0.39 is 6.04 Å². The Bertz CT molecular complexity index is 900. The van der Waals surface area contributed by atoms with Crippen molar-refractivity contribution in [3.63, 3.8) is 0 Å². The standard InChI is InChI=1S/C28H40N2O2/c1-20-9-11-23(12-10-20)19-30(21(2)26(32)29-28(6,7)8)25(31)18-15-22-13-16-24(17-14-22)27(3,4)5/h9-14,16-17,21H,15,18-19H2,1-8H3,(H,29,32). The summed E-state index contributed by atoms with van der Waals surface area (Å²) in [5, 5.41) is 3.01. The summed E-state index contributed by atoms with van der Waals surface area (Å²) in [5.74, 6) is -0.144. The van der Waals surface area contributed by atoms with Crippen molar-refractivity contribution in [3.05, 3.63) is 70.8 Å². The van der Waals surface area contributed by atoms with Crippen LogP contribution in [0.4, 0.5) is 0 Å². The van der Waals surface area contributed by atoms with Gasteiger partial charge in [0.15, 0.2) is 0 Å². The number of hydrogen-bond acceptors (Lipinski definition) is 2. The number of carbonyl (C=O) groups is 2.